The molecule has 0 aliphatic rings. The number of hydrogen-bond donors (Lipinski definition) is 2. The average molecular weight is 279 g/mol. The van der Waals surface area contributed by atoms with Crippen LogP contribution in [0.3, 0.4) is 0 Å². The number of aliphatic hydroxyl groups is 1. The number of hydrogen-bond acceptors (Lipinski definition) is 3. The Morgan fingerprint density at radius 3 is 2.52 bits per heavy atom. The van der Waals surface area contributed by atoms with Crippen LogP contribution in [0.15, 0.2) is 67.0 Å². The minimum Gasteiger partial charge on any atom is -0.398 e. The third-order valence-corrected chi connectivity index (χ3v) is 3.47. The molecule has 0 aliphatic carbocycles. The van der Waals surface area contributed by atoms with Gasteiger partial charge in [0.1, 0.15) is 5.82 Å². The van der Waals surface area contributed by atoms with Gasteiger partial charge in [-0.05, 0) is 6.07 Å². The standard InChI is InChI=1S/C17H17N3O/c18-15-9-5-4-8-14(15)16(21)12-20-11-10-19-17(20)13-6-2-1-3-7-13/h1-11,16,21H,12,18H2. The molecule has 3 rings (SSSR count). The van der Waals surface area contributed by atoms with Crippen molar-refractivity contribution in [1.82, 2.24) is 9.55 Å². The van der Waals surface area contributed by atoms with Gasteiger partial charge in [-0.15, -0.1) is 0 Å². The molecule has 3 aromatic rings. The van der Waals surface area contributed by atoms with E-state index in [9.17, 15) is 5.11 Å². The maximum Gasteiger partial charge on any atom is 0.139 e. The first kappa shape index (κ1) is 13.4. The minimum atomic E-state index is -0.664. The van der Waals surface area contributed by atoms with Gasteiger partial charge in [-0.3, -0.25) is 0 Å². The fourth-order valence-electron chi connectivity index (χ4n) is 2.40. The molecule has 1 unspecified atom stereocenters. The number of aliphatic hydroxyl groups excluding tert-OH is 1. The summed E-state index contributed by atoms with van der Waals surface area (Å²) < 4.78 is 1.94. The van der Waals surface area contributed by atoms with Gasteiger partial charge in [-0.25, -0.2) is 4.98 Å². The molecule has 0 amide bonds. The van der Waals surface area contributed by atoms with Crippen LogP contribution in [0.1, 0.15) is 11.7 Å². The van der Waals surface area contributed by atoms with E-state index in [1.54, 1.807) is 12.3 Å². The second kappa shape index (κ2) is 5.81. The number of anilines is 1. The molecule has 4 nitrogen and oxygen atoms in total. The lowest BCUT2D eigenvalue weighted by atomic mass is 10.1. The summed E-state index contributed by atoms with van der Waals surface area (Å²) >= 11 is 0. The van der Waals surface area contributed by atoms with Crippen molar-refractivity contribution in [2.75, 3.05) is 5.73 Å². The summed E-state index contributed by atoms with van der Waals surface area (Å²) in [6.45, 7) is 0.415. The Labute approximate surface area is 123 Å². The second-order valence-electron chi connectivity index (χ2n) is 4.91. The maximum absolute atomic E-state index is 10.4. The highest BCUT2D eigenvalue weighted by Gasteiger charge is 2.14. The predicted octanol–water partition coefficient (Wildman–Crippen LogP) is 2.87. The third kappa shape index (κ3) is 2.80. The summed E-state index contributed by atoms with van der Waals surface area (Å²) in [4.78, 5) is 4.38. The number of aromatic nitrogens is 2. The van der Waals surface area contributed by atoms with E-state index in [0.717, 1.165) is 17.0 Å². The van der Waals surface area contributed by atoms with Crippen LogP contribution in [0, 0.1) is 0 Å². The Morgan fingerprint density at radius 1 is 1.05 bits per heavy atom. The van der Waals surface area contributed by atoms with Gasteiger partial charge in [0.2, 0.25) is 0 Å². The number of rotatable bonds is 4. The molecule has 21 heavy (non-hydrogen) atoms. The first-order chi connectivity index (χ1) is 10.3. The molecule has 0 aliphatic heterocycles. The number of benzene rings is 2. The topological polar surface area (TPSA) is 64.1 Å². The molecule has 0 fully saturated rings. The average Bonchev–Trinajstić information content (AvgIpc) is 2.96. The second-order valence-corrected chi connectivity index (χ2v) is 4.91. The van der Waals surface area contributed by atoms with Crippen LogP contribution in [0.25, 0.3) is 11.4 Å². The first-order valence-electron chi connectivity index (χ1n) is 6.85. The Bertz CT molecular complexity index is 722. The maximum atomic E-state index is 10.4. The smallest absolute Gasteiger partial charge is 0.139 e. The lowest BCUT2D eigenvalue weighted by Gasteiger charge is -2.15. The van der Waals surface area contributed by atoms with Crippen molar-refractivity contribution in [2.24, 2.45) is 0 Å². The molecule has 0 spiro atoms. The molecule has 3 N–H and O–H groups in total. The van der Waals surface area contributed by atoms with Gasteiger partial charge in [0, 0.05) is 29.2 Å². The van der Waals surface area contributed by atoms with Gasteiger partial charge in [0.15, 0.2) is 0 Å². The van der Waals surface area contributed by atoms with E-state index < -0.39 is 6.10 Å². The summed E-state index contributed by atoms with van der Waals surface area (Å²) in [6.07, 6.45) is 2.94. The predicted molar refractivity (Wildman–Crippen MR) is 83.5 cm³/mol. The number of imidazole rings is 1. The Kier molecular flexibility index (Phi) is 3.71. The van der Waals surface area contributed by atoms with E-state index in [-0.39, 0.29) is 0 Å². The molecule has 0 saturated carbocycles. The largest absolute Gasteiger partial charge is 0.398 e. The van der Waals surface area contributed by atoms with Gasteiger partial charge in [-0.2, -0.15) is 0 Å². The van der Waals surface area contributed by atoms with Crippen molar-refractivity contribution in [3.63, 3.8) is 0 Å². The van der Waals surface area contributed by atoms with E-state index >= 15 is 0 Å². The lowest BCUT2D eigenvalue weighted by Crippen LogP contribution is -2.11. The molecule has 106 valence electrons. The lowest BCUT2D eigenvalue weighted by molar-refractivity contribution is 0.158. The highest BCUT2D eigenvalue weighted by Crippen LogP contribution is 2.24. The molecule has 1 heterocycles. The van der Waals surface area contributed by atoms with Gasteiger partial charge < -0.3 is 15.4 Å². The SMILES string of the molecule is Nc1ccccc1C(O)Cn1ccnc1-c1ccccc1. The first-order valence-corrected chi connectivity index (χ1v) is 6.85. The quantitative estimate of drug-likeness (QED) is 0.722. The fraction of sp³-hybridized carbons (Fsp3) is 0.118. The molecule has 0 radical (unpaired) electrons. The Balaban J connectivity index is 1.87. The zero-order valence-electron chi connectivity index (χ0n) is 11.6. The zero-order valence-corrected chi connectivity index (χ0v) is 11.6. The van der Waals surface area contributed by atoms with Gasteiger partial charge in [-0.1, -0.05) is 48.5 Å². The molecular formula is C17H17N3O. The van der Waals surface area contributed by atoms with Gasteiger partial charge >= 0.3 is 0 Å². The van der Waals surface area contributed by atoms with Crippen LogP contribution in [0.4, 0.5) is 5.69 Å². The number of nitrogens with zero attached hydrogens (tertiary/aromatic N) is 2. The summed E-state index contributed by atoms with van der Waals surface area (Å²) in [5.74, 6) is 0.837. The van der Waals surface area contributed by atoms with E-state index in [1.807, 2.05) is 59.3 Å². The summed E-state index contributed by atoms with van der Waals surface area (Å²) in [5.41, 5.74) is 8.28. The van der Waals surface area contributed by atoms with E-state index in [2.05, 4.69) is 4.98 Å². The molecular weight excluding hydrogens is 262 g/mol. The molecule has 2 aromatic carbocycles. The molecule has 0 saturated heterocycles. The van der Waals surface area contributed by atoms with Crippen LogP contribution in [0.5, 0.6) is 0 Å². The van der Waals surface area contributed by atoms with Gasteiger partial charge in [0.25, 0.3) is 0 Å². The Hall–Kier alpha value is -2.59. The van der Waals surface area contributed by atoms with Crippen LogP contribution >= 0.6 is 0 Å². The summed E-state index contributed by atoms with van der Waals surface area (Å²) in [5, 5.41) is 10.4. The summed E-state index contributed by atoms with van der Waals surface area (Å²) in [6, 6.07) is 17.3. The van der Waals surface area contributed by atoms with E-state index in [4.69, 9.17) is 5.73 Å². The number of para-hydroxylation sites is 1. The van der Waals surface area contributed by atoms with E-state index in [1.165, 1.54) is 0 Å². The minimum absolute atomic E-state index is 0.415. The van der Waals surface area contributed by atoms with Gasteiger partial charge in [0.05, 0.1) is 12.6 Å². The third-order valence-electron chi connectivity index (χ3n) is 3.47. The van der Waals surface area contributed by atoms with Crippen molar-refractivity contribution >= 4 is 5.69 Å². The molecule has 1 aromatic heterocycles. The zero-order chi connectivity index (χ0) is 14.7. The van der Waals surface area contributed by atoms with Crippen molar-refractivity contribution in [3.05, 3.63) is 72.6 Å². The fourth-order valence-corrected chi connectivity index (χ4v) is 2.40. The normalized spacial score (nSPS) is 12.2. The van der Waals surface area contributed by atoms with Crippen molar-refractivity contribution in [2.45, 2.75) is 12.6 Å². The van der Waals surface area contributed by atoms with E-state index in [0.29, 0.717) is 12.2 Å². The Morgan fingerprint density at radius 2 is 1.76 bits per heavy atom. The molecule has 1 atom stereocenters. The van der Waals surface area contributed by atoms with Crippen molar-refractivity contribution < 1.29 is 5.11 Å². The highest BCUT2D eigenvalue weighted by atomic mass is 16.3. The highest BCUT2D eigenvalue weighted by molar-refractivity contribution is 5.55. The van der Waals surface area contributed by atoms with Crippen LogP contribution in [-0.2, 0) is 6.54 Å². The molecule has 4 heteroatoms. The van der Waals surface area contributed by atoms with Crippen LogP contribution in [-0.4, -0.2) is 14.7 Å². The van der Waals surface area contributed by atoms with Crippen LogP contribution < -0.4 is 5.73 Å². The molecule has 0 bridgehead atoms. The monoisotopic (exact) mass is 279 g/mol. The van der Waals surface area contributed by atoms with Crippen molar-refractivity contribution in [1.29, 1.82) is 0 Å². The number of nitrogen functional groups attached to an aromatic ring is 1. The number of nitrogens with two attached hydrogens (primary N) is 1. The summed E-state index contributed by atoms with van der Waals surface area (Å²) in [7, 11) is 0. The van der Waals surface area contributed by atoms with Crippen LogP contribution in [0.2, 0.25) is 0 Å². The van der Waals surface area contributed by atoms with Crippen molar-refractivity contribution in [3.8, 4) is 11.4 Å².